The number of benzene rings is 2. The lowest BCUT2D eigenvalue weighted by molar-refractivity contribution is -0.138. The van der Waals surface area contributed by atoms with E-state index in [1.54, 1.807) is 24.3 Å². The van der Waals surface area contributed by atoms with Crippen molar-refractivity contribution in [3.05, 3.63) is 69.8 Å². The fourth-order valence-electron chi connectivity index (χ4n) is 6.03. The lowest BCUT2D eigenvalue weighted by Crippen LogP contribution is -2.52. The van der Waals surface area contributed by atoms with Gasteiger partial charge in [-0.05, 0) is 48.2 Å². The predicted molar refractivity (Wildman–Crippen MR) is 160 cm³/mol. The highest BCUT2D eigenvalue weighted by atomic mass is 16.5. The van der Waals surface area contributed by atoms with E-state index in [1.165, 1.54) is 9.80 Å². The molecule has 0 aromatic heterocycles. The van der Waals surface area contributed by atoms with E-state index in [1.807, 2.05) is 12.1 Å². The maximum absolute atomic E-state index is 13.0. The first-order valence-electron chi connectivity index (χ1n) is 15.0. The monoisotopic (exact) mass is 622 g/mol. The highest BCUT2D eigenvalue weighted by molar-refractivity contribution is 6.06. The SMILES string of the molecule is O=C1CCC(N2Cc3c(C#CCOCCOCC#Cc4cccc5c4CN(C4CCC(=O)NC4=O)C5=O)cccc3C2=O)C(=O)N1. The number of ether oxygens (including phenoxy) is 2. The fourth-order valence-corrected chi connectivity index (χ4v) is 6.03. The molecule has 2 aromatic carbocycles. The van der Waals surface area contributed by atoms with Gasteiger partial charge in [-0.15, -0.1) is 0 Å². The van der Waals surface area contributed by atoms with Crippen LogP contribution in [0, 0.1) is 23.7 Å². The second-order valence-electron chi connectivity index (χ2n) is 11.2. The highest BCUT2D eigenvalue weighted by Crippen LogP contribution is 2.30. The van der Waals surface area contributed by atoms with Crippen LogP contribution < -0.4 is 10.6 Å². The average molecular weight is 623 g/mol. The zero-order valence-corrected chi connectivity index (χ0v) is 24.9. The van der Waals surface area contributed by atoms with Gasteiger partial charge in [0.25, 0.3) is 11.8 Å². The normalized spacial score (nSPS) is 20.3. The molecule has 2 saturated heterocycles. The number of carbonyl (C=O) groups is 6. The smallest absolute Gasteiger partial charge is 0.255 e. The third kappa shape index (κ3) is 6.26. The average Bonchev–Trinajstić information content (AvgIpc) is 3.55. The number of rotatable bonds is 7. The molecule has 2 N–H and O–H groups in total. The molecule has 2 aromatic rings. The van der Waals surface area contributed by atoms with Gasteiger partial charge in [0.2, 0.25) is 23.6 Å². The summed E-state index contributed by atoms with van der Waals surface area (Å²) in [7, 11) is 0. The van der Waals surface area contributed by atoms with Crippen LogP contribution in [0.15, 0.2) is 36.4 Å². The Bertz CT molecular complexity index is 1650. The van der Waals surface area contributed by atoms with Gasteiger partial charge in [-0.2, -0.15) is 0 Å². The Morgan fingerprint density at radius 3 is 1.50 bits per heavy atom. The topological polar surface area (TPSA) is 151 Å². The molecule has 0 aliphatic carbocycles. The lowest BCUT2D eigenvalue weighted by Gasteiger charge is -2.29. The second-order valence-corrected chi connectivity index (χ2v) is 11.2. The number of imide groups is 2. The molecule has 12 nitrogen and oxygen atoms in total. The summed E-state index contributed by atoms with van der Waals surface area (Å²) in [5, 5.41) is 4.61. The van der Waals surface area contributed by atoms with Crippen molar-refractivity contribution in [1.29, 1.82) is 0 Å². The number of carbonyl (C=O) groups excluding carboxylic acids is 6. The van der Waals surface area contributed by atoms with Crippen LogP contribution in [0.25, 0.3) is 0 Å². The summed E-state index contributed by atoms with van der Waals surface area (Å²) in [4.78, 5) is 76.5. The molecule has 6 rings (SSSR count). The maximum atomic E-state index is 13.0. The van der Waals surface area contributed by atoms with Gasteiger partial charge in [0, 0.05) is 48.2 Å². The van der Waals surface area contributed by atoms with Crippen LogP contribution in [-0.4, -0.2) is 83.8 Å². The molecule has 4 aliphatic rings. The lowest BCUT2D eigenvalue weighted by atomic mass is 10.0. The first-order valence-corrected chi connectivity index (χ1v) is 15.0. The third-order valence-electron chi connectivity index (χ3n) is 8.33. The summed E-state index contributed by atoms with van der Waals surface area (Å²) in [6, 6.07) is 9.21. The molecule has 0 radical (unpaired) electrons. The zero-order valence-electron chi connectivity index (χ0n) is 24.9. The number of hydrogen-bond donors (Lipinski definition) is 2. The van der Waals surface area contributed by atoms with Crippen molar-refractivity contribution in [3.63, 3.8) is 0 Å². The van der Waals surface area contributed by atoms with Gasteiger partial charge in [0.05, 0.1) is 13.2 Å². The van der Waals surface area contributed by atoms with Gasteiger partial charge < -0.3 is 19.3 Å². The molecule has 6 amide bonds. The van der Waals surface area contributed by atoms with Crippen LogP contribution in [0.1, 0.15) is 68.7 Å². The van der Waals surface area contributed by atoms with E-state index >= 15 is 0 Å². The number of hydrogen-bond acceptors (Lipinski definition) is 8. The molecule has 4 heterocycles. The Morgan fingerprint density at radius 1 is 0.652 bits per heavy atom. The van der Waals surface area contributed by atoms with Crippen molar-refractivity contribution in [1.82, 2.24) is 20.4 Å². The number of nitrogens with zero attached hydrogens (tertiary/aromatic N) is 2. The number of fused-ring (bicyclic) bond motifs is 2. The minimum absolute atomic E-state index is 0.150. The second kappa shape index (κ2) is 13.4. The van der Waals surface area contributed by atoms with Crippen molar-refractivity contribution in [3.8, 4) is 23.7 Å². The van der Waals surface area contributed by atoms with Gasteiger partial charge in [-0.3, -0.25) is 39.4 Å². The van der Waals surface area contributed by atoms with E-state index in [0.29, 0.717) is 48.3 Å². The summed E-state index contributed by atoms with van der Waals surface area (Å²) in [6.45, 7) is 1.39. The minimum Gasteiger partial charge on any atom is -0.366 e. The molecule has 2 atom stereocenters. The number of amides is 6. The highest BCUT2D eigenvalue weighted by Gasteiger charge is 2.41. The molecular formula is C34H30N4O8. The largest absolute Gasteiger partial charge is 0.366 e. The van der Waals surface area contributed by atoms with E-state index in [0.717, 1.165) is 11.1 Å². The predicted octanol–water partition coefficient (Wildman–Crippen LogP) is 0.645. The van der Waals surface area contributed by atoms with Crippen molar-refractivity contribution >= 4 is 35.4 Å². The van der Waals surface area contributed by atoms with Gasteiger partial charge in [0.15, 0.2) is 0 Å². The van der Waals surface area contributed by atoms with Crippen molar-refractivity contribution in [2.75, 3.05) is 26.4 Å². The molecule has 234 valence electrons. The van der Waals surface area contributed by atoms with E-state index in [-0.39, 0.29) is 62.8 Å². The van der Waals surface area contributed by atoms with Gasteiger partial charge in [0.1, 0.15) is 25.3 Å². The Balaban J connectivity index is 0.950. The molecule has 0 spiro atoms. The van der Waals surface area contributed by atoms with E-state index in [2.05, 4.69) is 34.3 Å². The van der Waals surface area contributed by atoms with Crippen LogP contribution in [0.4, 0.5) is 0 Å². The van der Waals surface area contributed by atoms with Crippen molar-refractivity contribution in [2.45, 2.75) is 50.9 Å². The van der Waals surface area contributed by atoms with Crippen molar-refractivity contribution < 1.29 is 38.2 Å². The molecule has 2 fully saturated rings. The van der Waals surface area contributed by atoms with Crippen LogP contribution in [-0.2, 0) is 41.7 Å². The zero-order chi connectivity index (χ0) is 32.2. The molecule has 46 heavy (non-hydrogen) atoms. The molecule has 0 bridgehead atoms. The first-order chi connectivity index (χ1) is 22.3. The van der Waals surface area contributed by atoms with Crippen LogP contribution >= 0.6 is 0 Å². The summed E-state index contributed by atoms with van der Waals surface area (Å²) >= 11 is 0. The van der Waals surface area contributed by atoms with E-state index < -0.39 is 23.9 Å². The summed E-state index contributed by atoms with van der Waals surface area (Å²) in [5.41, 5.74) is 3.89. The van der Waals surface area contributed by atoms with Crippen LogP contribution in [0.3, 0.4) is 0 Å². The van der Waals surface area contributed by atoms with Gasteiger partial charge in [-0.25, -0.2) is 0 Å². The van der Waals surface area contributed by atoms with Crippen LogP contribution in [0.2, 0.25) is 0 Å². The summed E-state index contributed by atoms with van der Waals surface area (Å²) in [5.74, 6) is 9.96. The Labute approximate surface area is 264 Å². The Morgan fingerprint density at radius 2 is 1.09 bits per heavy atom. The van der Waals surface area contributed by atoms with Gasteiger partial charge in [-0.1, -0.05) is 35.8 Å². The van der Waals surface area contributed by atoms with E-state index in [9.17, 15) is 28.8 Å². The summed E-state index contributed by atoms with van der Waals surface area (Å²) in [6.07, 6.45) is 0.988. The first kappa shape index (κ1) is 30.7. The molecule has 12 heteroatoms. The molecule has 4 aliphatic heterocycles. The van der Waals surface area contributed by atoms with Crippen LogP contribution in [0.5, 0.6) is 0 Å². The maximum Gasteiger partial charge on any atom is 0.255 e. The molecule has 2 unspecified atom stereocenters. The number of nitrogens with one attached hydrogen (secondary N) is 2. The summed E-state index contributed by atoms with van der Waals surface area (Å²) < 4.78 is 11.1. The molecular weight excluding hydrogens is 592 g/mol. The van der Waals surface area contributed by atoms with E-state index in [4.69, 9.17) is 9.47 Å². The molecule has 0 saturated carbocycles. The quantitative estimate of drug-likeness (QED) is 0.260. The Hall–Kier alpha value is -5.30. The van der Waals surface area contributed by atoms with Crippen molar-refractivity contribution in [2.24, 2.45) is 0 Å². The fraction of sp³-hybridized carbons (Fsp3) is 0.353. The standard InChI is InChI=1S/C34H30N4O8/c39-29-13-11-27(31(41)35-29)37-19-25-21(5-1-9-23(25)33(37)43)7-3-15-45-17-18-46-16-4-8-22-6-2-10-24-26(22)20-38(34(24)44)28-12-14-30(40)36-32(28)42/h1-2,5-6,9-10,27-28H,11-20H2,(H,35,39,41)(H,36,40,42). The Kier molecular flexibility index (Phi) is 8.92. The third-order valence-corrected chi connectivity index (χ3v) is 8.33. The number of piperidine rings is 2. The van der Waals surface area contributed by atoms with Gasteiger partial charge >= 0.3 is 0 Å². The minimum atomic E-state index is -0.681.